The number of hydrogen-bond donors (Lipinski definition) is 1. The second-order valence-electron chi connectivity index (χ2n) is 6.06. The third-order valence-corrected chi connectivity index (χ3v) is 3.82. The molecule has 0 aliphatic heterocycles. The highest BCUT2D eigenvalue weighted by atomic mass is 14.9. The number of hydrogen-bond acceptors (Lipinski definition) is 2. The molecule has 0 saturated heterocycles. The van der Waals surface area contributed by atoms with E-state index in [1.54, 1.807) is 0 Å². The zero-order valence-corrected chi connectivity index (χ0v) is 11.1. The van der Waals surface area contributed by atoms with Crippen LogP contribution in [0.4, 0.5) is 0 Å². The minimum atomic E-state index is 0.540. The first-order valence-electron chi connectivity index (χ1n) is 6.65. The Morgan fingerprint density at radius 1 is 1.38 bits per heavy atom. The molecule has 0 amide bonds. The minimum absolute atomic E-state index is 0.540. The maximum Gasteiger partial charge on any atom is 0.0621 e. The van der Waals surface area contributed by atoms with Crippen LogP contribution in [0.2, 0.25) is 0 Å². The molecule has 0 bridgehead atoms. The highest BCUT2D eigenvalue weighted by molar-refractivity contribution is 4.86. The maximum atomic E-state index is 8.44. The van der Waals surface area contributed by atoms with Crippen molar-refractivity contribution in [1.82, 2.24) is 5.32 Å². The summed E-state index contributed by atoms with van der Waals surface area (Å²) in [5.41, 5.74) is 0.540. The molecule has 1 fully saturated rings. The summed E-state index contributed by atoms with van der Waals surface area (Å²) in [4.78, 5) is 0. The molecule has 1 aliphatic rings. The number of unbranched alkanes of at least 4 members (excludes halogenated alkanes) is 2. The van der Waals surface area contributed by atoms with E-state index in [4.69, 9.17) is 5.26 Å². The first-order chi connectivity index (χ1) is 7.55. The van der Waals surface area contributed by atoms with Crippen molar-refractivity contribution in [1.29, 1.82) is 5.26 Å². The van der Waals surface area contributed by atoms with Gasteiger partial charge in [-0.05, 0) is 50.0 Å². The van der Waals surface area contributed by atoms with Crippen LogP contribution in [0.5, 0.6) is 0 Å². The molecule has 2 atom stereocenters. The summed E-state index contributed by atoms with van der Waals surface area (Å²) in [6.07, 6.45) is 6.87. The highest BCUT2D eigenvalue weighted by Crippen LogP contribution is 2.38. The SMILES string of the molecule is CC1CC(C)(C)CCC1NCCCCC#N. The third kappa shape index (κ3) is 4.53. The summed E-state index contributed by atoms with van der Waals surface area (Å²) in [6, 6.07) is 2.90. The lowest BCUT2D eigenvalue weighted by Crippen LogP contribution is -2.42. The summed E-state index contributed by atoms with van der Waals surface area (Å²) >= 11 is 0. The Kier molecular flexibility index (Phi) is 5.28. The van der Waals surface area contributed by atoms with Gasteiger partial charge in [-0.1, -0.05) is 20.8 Å². The molecule has 1 aliphatic carbocycles. The van der Waals surface area contributed by atoms with E-state index in [0.29, 0.717) is 17.9 Å². The Labute approximate surface area is 100 Å². The van der Waals surface area contributed by atoms with E-state index in [1.165, 1.54) is 19.3 Å². The molecular formula is C14H26N2. The molecule has 0 aromatic heterocycles. The number of nitrogens with one attached hydrogen (secondary N) is 1. The van der Waals surface area contributed by atoms with Gasteiger partial charge in [-0.3, -0.25) is 0 Å². The maximum absolute atomic E-state index is 8.44. The van der Waals surface area contributed by atoms with Gasteiger partial charge in [-0.15, -0.1) is 0 Å². The third-order valence-electron chi connectivity index (χ3n) is 3.82. The summed E-state index contributed by atoms with van der Waals surface area (Å²) in [5, 5.41) is 12.1. The van der Waals surface area contributed by atoms with Crippen LogP contribution < -0.4 is 5.32 Å². The van der Waals surface area contributed by atoms with Gasteiger partial charge in [0, 0.05) is 12.5 Å². The van der Waals surface area contributed by atoms with Gasteiger partial charge in [0.2, 0.25) is 0 Å². The Hall–Kier alpha value is -0.550. The van der Waals surface area contributed by atoms with E-state index in [2.05, 4.69) is 32.2 Å². The average Bonchev–Trinajstić information content (AvgIpc) is 2.20. The van der Waals surface area contributed by atoms with E-state index in [9.17, 15) is 0 Å². The van der Waals surface area contributed by atoms with Crippen molar-refractivity contribution in [3.05, 3.63) is 0 Å². The molecule has 1 rings (SSSR count). The van der Waals surface area contributed by atoms with Gasteiger partial charge in [0.15, 0.2) is 0 Å². The molecule has 0 aromatic carbocycles. The Morgan fingerprint density at radius 2 is 2.12 bits per heavy atom. The van der Waals surface area contributed by atoms with Gasteiger partial charge in [0.1, 0.15) is 0 Å². The number of nitrogens with zero attached hydrogens (tertiary/aromatic N) is 1. The largest absolute Gasteiger partial charge is 0.314 e. The lowest BCUT2D eigenvalue weighted by Gasteiger charge is -2.39. The molecule has 0 radical (unpaired) electrons. The van der Waals surface area contributed by atoms with Crippen molar-refractivity contribution in [2.75, 3.05) is 6.54 Å². The Balaban J connectivity index is 2.16. The molecule has 2 heteroatoms. The lowest BCUT2D eigenvalue weighted by atomic mass is 9.70. The van der Waals surface area contributed by atoms with Gasteiger partial charge < -0.3 is 5.32 Å². The molecule has 92 valence electrons. The molecule has 0 aromatic rings. The smallest absolute Gasteiger partial charge is 0.0621 e. The van der Waals surface area contributed by atoms with Crippen molar-refractivity contribution < 1.29 is 0 Å². The quantitative estimate of drug-likeness (QED) is 0.723. The summed E-state index contributed by atoms with van der Waals surface area (Å²) in [6.45, 7) is 8.21. The second-order valence-corrected chi connectivity index (χ2v) is 6.06. The predicted octanol–water partition coefficient (Wildman–Crippen LogP) is 3.48. The zero-order valence-electron chi connectivity index (χ0n) is 11.1. The number of rotatable bonds is 5. The van der Waals surface area contributed by atoms with Crippen LogP contribution in [0.3, 0.4) is 0 Å². The molecule has 2 unspecified atom stereocenters. The van der Waals surface area contributed by atoms with E-state index in [-0.39, 0.29) is 0 Å². The Bertz CT molecular complexity index is 240. The first kappa shape index (κ1) is 13.5. The number of nitriles is 1. The Morgan fingerprint density at radius 3 is 2.75 bits per heavy atom. The van der Waals surface area contributed by atoms with Crippen molar-refractivity contribution in [3.8, 4) is 6.07 Å². The lowest BCUT2D eigenvalue weighted by molar-refractivity contribution is 0.149. The van der Waals surface area contributed by atoms with Crippen LogP contribution in [0, 0.1) is 22.7 Å². The summed E-state index contributed by atoms with van der Waals surface area (Å²) in [7, 11) is 0. The van der Waals surface area contributed by atoms with Gasteiger partial charge in [-0.2, -0.15) is 5.26 Å². The van der Waals surface area contributed by atoms with E-state index in [1.807, 2.05) is 0 Å². The average molecular weight is 222 g/mol. The van der Waals surface area contributed by atoms with Gasteiger partial charge in [0.25, 0.3) is 0 Å². The van der Waals surface area contributed by atoms with Crippen LogP contribution in [0.1, 0.15) is 59.3 Å². The molecule has 0 spiro atoms. The zero-order chi connectivity index (χ0) is 12.0. The fourth-order valence-corrected chi connectivity index (χ4v) is 2.87. The van der Waals surface area contributed by atoms with Crippen LogP contribution in [-0.2, 0) is 0 Å². The van der Waals surface area contributed by atoms with E-state index < -0.39 is 0 Å². The molecule has 2 nitrogen and oxygen atoms in total. The van der Waals surface area contributed by atoms with Crippen LogP contribution in [-0.4, -0.2) is 12.6 Å². The van der Waals surface area contributed by atoms with Crippen molar-refractivity contribution >= 4 is 0 Å². The molecular weight excluding hydrogens is 196 g/mol. The normalized spacial score (nSPS) is 28.6. The van der Waals surface area contributed by atoms with Crippen LogP contribution in [0.25, 0.3) is 0 Å². The molecule has 1 saturated carbocycles. The first-order valence-corrected chi connectivity index (χ1v) is 6.65. The van der Waals surface area contributed by atoms with Crippen molar-refractivity contribution in [2.45, 2.75) is 65.3 Å². The minimum Gasteiger partial charge on any atom is -0.314 e. The fraction of sp³-hybridized carbons (Fsp3) is 0.929. The highest BCUT2D eigenvalue weighted by Gasteiger charge is 2.31. The monoisotopic (exact) mass is 222 g/mol. The van der Waals surface area contributed by atoms with Crippen LogP contribution >= 0.6 is 0 Å². The topological polar surface area (TPSA) is 35.8 Å². The van der Waals surface area contributed by atoms with Gasteiger partial charge in [-0.25, -0.2) is 0 Å². The molecule has 0 heterocycles. The van der Waals surface area contributed by atoms with Gasteiger partial charge >= 0.3 is 0 Å². The van der Waals surface area contributed by atoms with Gasteiger partial charge in [0.05, 0.1) is 6.07 Å². The van der Waals surface area contributed by atoms with Crippen LogP contribution in [0.15, 0.2) is 0 Å². The van der Waals surface area contributed by atoms with E-state index in [0.717, 1.165) is 25.3 Å². The summed E-state index contributed by atoms with van der Waals surface area (Å²) < 4.78 is 0. The molecule has 16 heavy (non-hydrogen) atoms. The predicted molar refractivity (Wildman–Crippen MR) is 68.1 cm³/mol. The van der Waals surface area contributed by atoms with Crippen molar-refractivity contribution in [2.24, 2.45) is 11.3 Å². The molecule has 1 N–H and O–H groups in total. The van der Waals surface area contributed by atoms with Crippen molar-refractivity contribution in [3.63, 3.8) is 0 Å². The second kappa shape index (κ2) is 6.25. The standard InChI is InChI=1S/C14H26N2/c1-12-11-14(2,3)8-7-13(12)16-10-6-4-5-9-15/h12-13,16H,4-8,10-11H2,1-3H3. The fourth-order valence-electron chi connectivity index (χ4n) is 2.87. The van der Waals surface area contributed by atoms with E-state index >= 15 is 0 Å². The summed E-state index contributed by atoms with van der Waals surface area (Å²) in [5.74, 6) is 0.791.